The minimum absolute atomic E-state index is 0.512. The van der Waals surface area contributed by atoms with E-state index >= 15 is 0 Å². The van der Waals surface area contributed by atoms with Crippen LogP contribution in [-0.2, 0) is 0 Å². The minimum atomic E-state index is 0.512. The highest BCUT2D eigenvalue weighted by Crippen LogP contribution is 2.44. The van der Waals surface area contributed by atoms with Gasteiger partial charge in [-0.25, -0.2) is 0 Å². The third kappa shape index (κ3) is 1.57. The van der Waals surface area contributed by atoms with Gasteiger partial charge >= 0.3 is 0 Å². The molecule has 3 rings (SSSR count). The molecule has 0 aromatic carbocycles. The molecule has 2 heterocycles. The van der Waals surface area contributed by atoms with Crippen molar-refractivity contribution < 1.29 is 4.52 Å². The van der Waals surface area contributed by atoms with Crippen LogP contribution in [0.25, 0.3) is 0 Å². The Balaban J connectivity index is 1.66. The molecule has 1 aromatic heterocycles. The summed E-state index contributed by atoms with van der Waals surface area (Å²) in [4.78, 5) is 4.33. The fourth-order valence-electron chi connectivity index (χ4n) is 2.79. The van der Waals surface area contributed by atoms with E-state index in [1.165, 1.54) is 38.8 Å². The first kappa shape index (κ1) is 9.33. The molecule has 1 N–H and O–H groups in total. The SMILES string of the molecule is Cc1noc(C2CCC3(CC2)CNC3)n1. The van der Waals surface area contributed by atoms with Gasteiger partial charge in [-0.3, -0.25) is 0 Å². The van der Waals surface area contributed by atoms with Crippen molar-refractivity contribution in [3.05, 3.63) is 11.7 Å². The molecule has 2 aliphatic rings. The molecule has 4 nitrogen and oxygen atoms in total. The van der Waals surface area contributed by atoms with Crippen molar-refractivity contribution in [2.75, 3.05) is 13.1 Å². The average molecular weight is 207 g/mol. The van der Waals surface area contributed by atoms with Gasteiger partial charge in [-0.2, -0.15) is 4.98 Å². The molecular formula is C11H17N3O. The van der Waals surface area contributed by atoms with Gasteiger partial charge in [-0.1, -0.05) is 5.16 Å². The molecular weight excluding hydrogens is 190 g/mol. The zero-order valence-electron chi connectivity index (χ0n) is 9.12. The lowest BCUT2D eigenvalue weighted by atomic mass is 9.67. The van der Waals surface area contributed by atoms with E-state index in [1.807, 2.05) is 6.92 Å². The second-order valence-electron chi connectivity index (χ2n) is 5.06. The highest BCUT2D eigenvalue weighted by molar-refractivity contribution is 5.02. The van der Waals surface area contributed by atoms with Gasteiger partial charge in [0, 0.05) is 19.0 Å². The van der Waals surface area contributed by atoms with Crippen LogP contribution in [0.2, 0.25) is 0 Å². The van der Waals surface area contributed by atoms with E-state index in [2.05, 4.69) is 15.5 Å². The standard InChI is InChI=1S/C11H17N3O/c1-8-13-10(15-14-8)9-2-4-11(5-3-9)6-12-7-11/h9,12H,2-7H2,1H3. The van der Waals surface area contributed by atoms with Crippen LogP contribution in [0, 0.1) is 12.3 Å². The normalized spacial score (nSPS) is 25.4. The van der Waals surface area contributed by atoms with Crippen molar-refractivity contribution in [1.82, 2.24) is 15.5 Å². The third-order valence-electron chi connectivity index (χ3n) is 3.94. The smallest absolute Gasteiger partial charge is 0.229 e. The molecule has 0 atom stereocenters. The first-order chi connectivity index (χ1) is 7.27. The highest BCUT2D eigenvalue weighted by atomic mass is 16.5. The van der Waals surface area contributed by atoms with Crippen LogP contribution < -0.4 is 5.32 Å². The van der Waals surface area contributed by atoms with Crippen molar-refractivity contribution in [2.24, 2.45) is 5.41 Å². The van der Waals surface area contributed by atoms with E-state index < -0.39 is 0 Å². The maximum absolute atomic E-state index is 5.25. The summed E-state index contributed by atoms with van der Waals surface area (Å²) in [5.41, 5.74) is 0.617. The van der Waals surface area contributed by atoms with E-state index in [0.717, 1.165) is 11.7 Å². The number of nitrogens with one attached hydrogen (secondary N) is 1. The van der Waals surface area contributed by atoms with Gasteiger partial charge in [0.2, 0.25) is 5.89 Å². The Morgan fingerprint density at radius 2 is 2.07 bits per heavy atom. The van der Waals surface area contributed by atoms with Crippen LogP contribution in [0.3, 0.4) is 0 Å². The summed E-state index contributed by atoms with van der Waals surface area (Å²) in [6.45, 7) is 4.30. The molecule has 0 amide bonds. The number of hydrogen-bond acceptors (Lipinski definition) is 4. The molecule has 1 saturated heterocycles. The summed E-state index contributed by atoms with van der Waals surface area (Å²) < 4.78 is 5.25. The van der Waals surface area contributed by atoms with Crippen molar-refractivity contribution in [1.29, 1.82) is 0 Å². The highest BCUT2D eigenvalue weighted by Gasteiger charge is 2.41. The van der Waals surface area contributed by atoms with E-state index in [1.54, 1.807) is 0 Å². The van der Waals surface area contributed by atoms with Crippen molar-refractivity contribution in [3.63, 3.8) is 0 Å². The van der Waals surface area contributed by atoms with Gasteiger partial charge < -0.3 is 9.84 Å². The number of rotatable bonds is 1. The van der Waals surface area contributed by atoms with Gasteiger partial charge in [0.15, 0.2) is 5.82 Å². The maximum Gasteiger partial charge on any atom is 0.229 e. The van der Waals surface area contributed by atoms with Crippen molar-refractivity contribution >= 4 is 0 Å². The second kappa shape index (κ2) is 3.30. The topological polar surface area (TPSA) is 51.0 Å². The Labute approximate surface area is 89.4 Å². The van der Waals surface area contributed by atoms with Crippen molar-refractivity contribution in [2.45, 2.75) is 38.5 Å². The van der Waals surface area contributed by atoms with Gasteiger partial charge in [0.25, 0.3) is 0 Å². The summed E-state index contributed by atoms with van der Waals surface area (Å²) in [6.07, 6.45) is 5.05. The summed E-state index contributed by atoms with van der Waals surface area (Å²) in [5, 5.41) is 7.24. The second-order valence-corrected chi connectivity index (χ2v) is 5.06. The van der Waals surface area contributed by atoms with Crippen LogP contribution in [-0.4, -0.2) is 23.2 Å². The van der Waals surface area contributed by atoms with Crippen molar-refractivity contribution in [3.8, 4) is 0 Å². The quantitative estimate of drug-likeness (QED) is 0.760. The fourth-order valence-corrected chi connectivity index (χ4v) is 2.79. The molecule has 1 saturated carbocycles. The minimum Gasteiger partial charge on any atom is -0.339 e. The number of aromatic nitrogens is 2. The molecule has 15 heavy (non-hydrogen) atoms. The zero-order chi connectivity index (χ0) is 10.3. The first-order valence-electron chi connectivity index (χ1n) is 5.78. The van der Waals surface area contributed by atoms with E-state index in [-0.39, 0.29) is 0 Å². The predicted octanol–water partition coefficient (Wildman–Crippen LogP) is 1.63. The molecule has 0 bridgehead atoms. The predicted molar refractivity (Wildman–Crippen MR) is 55.5 cm³/mol. The van der Waals surface area contributed by atoms with Crippen LogP contribution in [0.1, 0.15) is 43.3 Å². The Hall–Kier alpha value is -0.900. The van der Waals surface area contributed by atoms with E-state index in [4.69, 9.17) is 4.52 Å². The molecule has 4 heteroatoms. The van der Waals surface area contributed by atoms with Gasteiger partial charge in [0.05, 0.1) is 0 Å². The Morgan fingerprint density at radius 3 is 2.53 bits per heavy atom. The van der Waals surface area contributed by atoms with E-state index in [9.17, 15) is 0 Å². The fraction of sp³-hybridized carbons (Fsp3) is 0.818. The Kier molecular flexibility index (Phi) is 2.06. The first-order valence-corrected chi connectivity index (χ1v) is 5.78. The monoisotopic (exact) mass is 207 g/mol. The summed E-state index contributed by atoms with van der Waals surface area (Å²) in [7, 11) is 0. The Morgan fingerprint density at radius 1 is 1.33 bits per heavy atom. The third-order valence-corrected chi connectivity index (χ3v) is 3.94. The van der Waals surface area contributed by atoms with Crippen LogP contribution in [0.15, 0.2) is 4.52 Å². The van der Waals surface area contributed by atoms with Gasteiger partial charge in [-0.15, -0.1) is 0 Å². The van der Waals surface area contributed by atoms with E-state index in [0.29, 0.717) is 11.3 Å². The lowest BCUT2D eigenvalue weighted by Gasteiger charge is -2.46. The van der Waals surface area contributed by atoms with Crippen LogP contribution in [0.5, 0.6) is 0 Å². The number of nitrogens with zero attached hydrogens (tertiary/aromatic N) is 2. The largest absolute Gasteiger partial charge is 0.339 e. The average Bonchev–Trinajstić information content (AvgIpc) is 2.63. The number of hydrogen-bond donors (Lipinski definition) is 1. The summed E-state index contributed by atoms with van der Waals surface area (Å²) in [5.74, 6) is 2.13. The van der Waals surface area contributed by atoms with Gasteiger partial charge in [-0.05, 0) is 38.0 Å². The number of aryl methyl sites for hydroxylation is 1. The Bertz CT molecular complexity index is 346. The molecule has 0 unspecified atom stereocenters. The molecule has 1 aliphatic carbocycles. The van der Waals surface area contributed by atoms with Gasteiger partial charge in [0.1, 0.15) is 0 Å². The molecule has 1 aromatic rings. The molecule has 1 spiro atoms. The lowest BCUT2D eigenvalue weighted by molar-refractivity contribution is 0.0911. The van der Waals surface area contributed by atoms with Crippen LogP contribution in [0.4, 0.5) is 0 Å². The molecule has 2 fully saturated rings. The lowest BCUT2D eigenvalue weighted by Crippen LogP contribution is -2.54. The zero-order valence-corrected chi connectivity index (χ0v) is 9.12. The summed E-state index contributed by atoms with van der Waals surface area (Å²) >= 11 is 0. The molecule has 1 aliphatic heterocycles. The van der Waals surface area contributed by atoms with Crippen LogP contribution >= 0.6 is 0 Å². The molecule has 0 radical (unpaired) electrons. The summed E-state index contributed by atoms with van der Waals surface area (Å²) in [6, 6.07) is 0. The maximum atomic E-state index is 5.25. The molecule has 82 valence electrons.